The second-order valence-corrected chi connectivity index (χ2v) is 5.53. The Morgan fingerprint density at radius 3 is 2.84 bits per heavy atom. The maximum Gasteiger partial charge on any atom is 0.387 e. The normalized spacial score (nSPS) is 11.5. The van der Waals surface area contributed by atoms with E-state index in [9.17, 15) is 8.78 Å². The molecule has 0 spiro atoms. The molecule has 1 heterocycles. The number of benzene rings is 1. The van der Waals surface area contributed by atoms with E-state index in [0.717, 1.165) is 12.0 Å². The van der Waals surface area contributed by atoms with Gasteiger partial charge in [-0.1, -0.05) is 17.7 Å². The Morgan fingerprint density at radius 2 is 2.16 bits per heavy atom. The molecular weight excluding hydrogens is 350 g/mol. The molecule has 0 radical (unpaired) electrons. The van der Waals surface area contributed by atoms with Gasteiger partial charge in [-0.25, -0.2) is 0 Å². The van der Waals surface area contributed by atoms with Crippen LogP contribution < -0.4 is 15.4 Å². The van der Waals surface area contributed by atoms with Crippen LogP contribution in [-0.2, 0) is 13.0 Å². The summed E-state index contributed by atoms with van der Waals surface area (Å²) in [7, 11) is 1.63. The maximum atomic E-state index is 12.5. The van der Waals surface area contributed by atoms with E-state index in [-0.39, 0.29) is 12.3 Å². The van der Waals surface area contributed by atoms with Crippen LogP contribution in [0, 0.1) is 0 Å². The van der Waals surface area contributed by atoms with E-state index in [1.54, 1.807) is 25.5 Å². The molecule has 0 aliphatic heterocycles. The fourth-order valence-corrected chi connectivity index (χ4v) is 2.36. The Labute approximate surface area is 150 Å². The molecule has 0 saturated heterocycles. The first kappa shape index (κ1) is 18.9. The second kappa shape index (κ2) is 9.78. The number of halogens is 3. The SMILES string of the molecule is CN=C(NCCc1cccnc1)NCc1cc(Cl)ccc1OC(F)F. The molecule has 8 heteroatoms. The molecule has 0 saturated carbocycles. The van der Waals surface area contributed by atoms with Crippen molar-refractivity contribution in [2.24, 2.45) is 4.99 Å². The van der Waals surface area contributed by atoms with Gasteiger partial charge >= 0.3 is 6.61 Å². The summed E-state index contributed by atoms with van der Waals surface area (Å²) < 4.78 is 29.5. The third-order valence-electron chi connectivity index (χ3n) is 3.34. The van der Waals surface area contributed by atoms with Crippen LogP contribution >= 0.6 is 11.6 Å². The number of ether oxygens (including phenoxy) is 1. The van der Waals surface area contributed by atoms with E-state index < -0.39 is 6.61 Å². The van der Waals surface area contributed by atoms with Gasteiger partial charge in [-0.3, -0.25) is 9.98 Å². The minimum absolute atomic E-state index is 0.0812. The summed E-state index contributed by atoms with van der Waals surface area (Å²) in [6, 6.07) is 8.37. The quantitative estimate of drug-likeness (QED) is 0.582. The minimum Gasteiger partial charge on any atom is -0.434 e. The van der Waals surface area contributed by atoms with E-state index in [1.165, 1.54) is 12.1 Å². The number of hydrogen-bond acceptors (Lipinski definition) is 3. The van der Waals surface area contributed by atoms with Crippen LogP contribution in [0.15, 0.2) is 47.7 Å². The zero-order chi connectivity index (χ0) is 18.1. The molecule has 2 rings (SSSR count). The number of alkyl halides is 2. The highest BCUT2D eigenvalue weighted by atomic mass is 35.5. The number of guanidine groups is 1. The maximum absolute atomic E-state index is 12.5. The van der Waals surface area contributed by atoms with Crippen LogP contribution in [0.5, 0.6) is 5.75 Å². The first-order valence-electron chi connectivity index (χ1n) is 7.65. The van der Waals surface area contributed by atoms with Gasteiger partial charge in [-0.05, 0) is 36.2 Å². The van der Waals surface area contributed by atoms with E-state index in [0.29, 0.717) is 23.1 Å². The van der Waals surface area contributed by atoms with Gasteiger partial charge in [0.25, 0.3) is 0 Å². The van der Waals surface area contributed by atoms with E-state index in [1.807, 2.05) is 12.1 Å². The van der Waals surface area contributed by atoms with Crippen LogP contribution in [0.1, 0.15) is 11.1 Å². The number of hydrogen-bond donors (Lipinski definition) is 2. The molecular formula is C17H19ClF2N4O. The summed E-state index contributed by atoms with van der Waals surface area (Å²) >= 11 is 5.93. The Hall–Kier alpha value is -2.41. The van der Waals surface area contributed by atoms with Gasteiger partial charge in [0.1, 0.15) is 5.75 Å². The molecule has 1 aromatic heterocycles. The largest absolute Gasteiger partial charge is 0.434 e. The van der Waals surface area contributed by atoms with Crippen molar-refractivity contribution in [1.82, 2.24) is 15.6 Å². The van der Waals surface area contributed by atoms with Crippen molar-refractivity contribution in [1.29, 1.82) is 0 Å². The molecule has 2 aromatic rings. The van der Waals surface area contributed by atoms with Crippen molar-refractivity contribution in [3.05, 3.63) is 58.9 Å². The fraction of sp³-hybridized carbons (Fsp3) is 0.294. The molecule has 2 N–H and O–H groups in total. The summed E-state index contributed by atoms with van der Waals surface area (Å²) in [6.07, 6.45) is 4.31. The topological polar surface area (TPSA) is 58.5 Å². The average Bonchev–Trinajstić information content (AvgIpc) is 2.60. The standard InChI is InChI=1S/C17H19ClF2N4O/c1-21-17(23-8-6-12-3-2-7-22-10-12)24-11-13-9-14(18)4-5-15(13)25-16(19)20/h2-5,7,9-10,16H,6,8,11H2,1H3,(H2,21,23,24). The number of aromatic nitrogens is 1. The fourth-order valence-electron chi connectivity index (χ4n) is 2.17. The van der Waals surface area contributed by atoms with Gasteiger partial charge in [-0.2, -0.15) is 8.78 Å². The Morgan fingerprint density at radius 1 is 1.32 bits per heavy atom. The molecule has 0 atom stereocenters. The predicted molar refractivity (Wildman–Crippen MR) is 94.2 cm³/mol. The first-order chi connectivity index (χ1) is 12.1. The van der Waals surface area contributed by atoms with Crippen molar-refractivity contribution in [2.75, 3.05) is 13.6 Å². The summed E-state index contributed by atoms with van der Waals surface area (Å²) in [6.45, 7) is -1.99. The number of rotatable bonds is 7. The Bertz CT molecular complexity index is 698. The van der Waals surface area contributed by atoms with Gasteiger partial charge in [0, 0.05) is 43.1 Å². The van der Waals surface area contributed by atoms with Gasteiger partial charge in [0.05, 0.1) is 0 Å². The van der Waals surface area contributed by atoms with Crippen LogP contribution in [0.3, 0.4) is 0 Å². The summed E-state index contributed by atoms with van der Waals surface area (Å²) in [5.41, 5.74) is 1.62. The number of nitrogens with zero attached hydrogens (tertiary/aromatic N) is 2. The molecule has 0 unspecified atom stereocenters. The smallest absolute Gasteiger partial charge is 0.387 e. The highest BCUT2D eigenvalue weighted by Crippen LogP contribution is 2.24. The molecule has 0 bridgehead atoms. The van der Waals surface area contributed by atoms with E-state index in [4.69, 9.17) is 11.6 Å². The highest BCUT2D eigenvalue weighted by Gasteiger charge is 2.11. The second-order valence-electron chi connectivity index (χ2n) is 5.09. The molecule has 0 aliphatic rings. The lowest BCUT2D eigenvalue weighted by Crippen LogP contribution is -2.38. The summed E-state index contributed by atoms with van der Waals surface area (Å²) in [4.78, 5) is 8.16. The number of nitrogens with one attached hydrogen (secondary N) is 2. The third kappa shape index (κ3) is 6.54. The lowest BCUT2D eigenvalue weighted by atomic mass is 10.2. The van der Waals surface area contributed by atoms with Crippen LogP contribution in [-0.4, -0.2) is 31.1 Å². The molecule has 0 fully saturated rings. The van der Waals surface area contributed by atoms with E-state index >= 15 is 0 Å². The lowest BCUT2D eigenvalue weighted by Gasteiger charge is -2.15. The van der Waals surface area contributed by atoms with Crippen molar-refractivity contribution in [3.8, 4) is 5.75 Å². The summed E-state index contributed by atoms with van der Waals surface area (Å²) in [5.74, 6) is 0.629. The number of aliphatic imine (C=N–C) groups is 1. The summed E-state index contributed by atoms with van der Waals surface area (Å²) in [5, 5.41) is 6.65. The Kier molecular flexibility index (Phi) is 7.40. The lowest BCUT2D eigenvalue weighted by molar-refractivity contribution is -0.0504. The molecule has 25 heavy (non-hydrogen) atoms. The molecule has 1 aromatic carbocycles. The van der Waals surface area contributed by atoms with Gasteiger partial charge in [0.15, 0.2) is 5.96 Å². The zero-order valence-corrected chi connectivity index (χ0v) is 14.4. The molecule has 0 amide bonds. The van der Waals surface area contributed by atoms with Gasteiger partial charge in [-0.15, -0.1) is 0 Å². The first-order valence-corrected chi connectivity index (χ1v) is 8.03. The zero-order valence-electron chi connectivity index (χ0n) is 13.7. The van der Waals surface area contributed by atoms with Crippen LogP contribution in [0.2, 0.25) is 5.02 Å². The van der Waals surface area contributed by atoms with Crippen molar-refractivity contribution < 1.29 is 13.5 Å². The molecule has 0 aliphatic carbocycles. The van der Waals surface area contributed by atoms with Gasteiger partial charge in [0.2, 0.25) is 0 Å². The molecule has 134 valence electrons. The average molecular weight is 369 g/mol. The van der Waals surface area contributed by atoms with Crippen molar-refractivity contribution in [2.45, 2.75) is 19.6 Å². The number of pyridine rings is 1. The van der Waals surface area contributed by atoms with Crippen LogP contribution in [0.25, 0.3) is 0 Å². The minimum atomic E-state index is -2.89. The van der Waals surface area contributed by atoms with Gasteiger partial charge < -0.3 is 15.4 Å². The predicted octanol–water partition coefficient (Wildman–Crippen LogP) is 3.24. The highest BCUT2D eigenvalue weighted by molar-refractivity contribution is 6.30. The monoisotopic (exact) mass is 368 g/mol. The van der Waals surface area contributed by atoms with Crippen molar-refractivity contribution in [3.63, 3.8) is 0 Å². The van der Waals surface area contributed by atoms with Crippen molar-refractivity contribution >= 4 is 17.6 Å². The van der Waals surface area contributed by atoms with Crippen LogP contribution in [0.4, 0.5) is 8.78 Å². The third-order valence-corrected chi connectivity index (χ3v) is 3.57. The Balaban J connectivity index is 1.89. The van der Waals surface area contributed by atoms with E-state index in [2.05, 4.69) is 25.3 Å². The molecule has 5 nitrogen and oxygen atoms in total.